The molecule has 0 saturated carbocycles. The number of anilines is 1. The maximum Gasteiger partial charge on any atom is 0.260 e. The first-order chi connectivity index (χ1) is 10.5. The third kappa shape index (κ3) is 2.90. The lowest BCUT2D eigenvalue weighted by molar-refractivity contribution is 0.102. The lowest BCUT2D eigenvalue weighted by Gasteiger charge is -2.07. The Labute approximate surface area is 143 Å². The van der Waals surface area contributed by atoms with Crippen LogP contribution in [0.1, 0.15) is 10.4 Å². The van der Waals surface area contributed by atoms with Crippen molar-refractivity contribution >= 4 is 67.4 Å². The highest BCUT2D eigenvalue weighted by Gasteiger charge is 2.18. The molecule has 3 nitrogen and oxygen atoms in total. The third-order valence-corrected chi connectivity index (χ3v) is 4.89. The first-order valence-electron chi connectivity index (χ1n) is 5.96. The molecule has 8 heteroatoms. The highest BCUT2D eigenvalue weighted by Crippen LogP contribution is 2.33. The Balaban J connectivity index is 1.95. The van der Waals surface area contributed by atoms with Crippen molar-refractivity contribution in [2.24, 2.45) is 0 Å². The molecule has 112 valence electrons. The van der Waals surface area contributed by atoms with E-state index in [9.17, 15) is 9.18 Å². The highest BCUT2D eigenvalue weighted by atomic mass is 35.5. The quantitative estimate of drug-likeness (QED) is 0.588. The number of fused-ring (bicyclic) bond motifs is 1. The van der Waals surface area contributed by atoms with Crippen molar-refractivity contribution in [3.05, 3.63) is 56.8 Å². The van der Waals surface area contributed by atoms with Crippen molar-refractivity contribution in [3.63, 3.8) is 0 Å². The molecule has 1 amide bonds. The monoisotopic (exact) mass is 374 g/mol. The fourth-order valence-corrected chi connectivity index (χ4v) is 3.43. The molecule has 0 unspecified atom stereocenters. The van der Waals surface area contributed by atoms with E-state index in [-0.39, 0.29) is 26.4 Å². The van der Waals surface area contributed by atoms with Gasteiger partial charge in [0.15, 0.2) is 5.13 Å². The zero-order valence-electron chi connectivity index (χ0n) is 10.7. The van der Waals surface area contributed by atoms with Crippen LogP contribution in [0.3, 0.4) is 0 Å². The lowest BCUT2D eigenvalue weighted by Crippen LogP contribution is -2.13. The molecule has 0 bridgehead atoms. The van der Waals surface area contributed by atoms with Crippen LogP contribution in [0.15, 0.2) is 30.3 Å². The van der Waals surface area contributed by atoms with Crippen molar-refractivity contribution in [3.8, 4) is 0 Å². The number of thiazole rings is 1. The zero-order chi connectivity index (χ0) is 15.9. The molecule has 22 heavy (non-hydrogen) atoms. The number of hydrogen-bond acceptors (Lipinski definition) is 3. The van der Waals surface area contributed by atoms with Gasteiger partial charge in [0.2, 0.25) is 0 Å². The van der Waals surface area contributed by atoms with Crippen LogP contribution in [0.25, 0.3) is 10.2 Å². The van der Waals surface area contributed by atoms with Crippen LogP contribution in [-0.4, -0.2) is 10.9 Å². The normalized spacial score (nSPS) is 10.9. The molecule has 0 aliphatic rings. The highest BCUT2D eigenvalue weighted by molar-refractivity contribution is 7.22. The van der Waals surface area contributed by atoms with Crippen molar-refractivity contribution in [1.82, 2.24) is 4.98 Å². The number of rotatable bonds is 2. The Kier molecular flexibility index (Phi) is 4.23. The van der Waals surface area contributed by atoms with E-state index in [1.54, 1.807) is 0 Å². The summed E-state index contributed by atoms with van der Waals surface area (Å²) >= 11 is 19.0. The van der Waals surface area contributed by atoms with Crippen molar-refractivity contribution in [1.29, 1.82) is 0 Å². The fourth-order valence-electron chi connectivity index (χ4n) is 1.85. The largest absolute Gasteiger partial charge is 0.298 e. The second-order valence-electron chi connectivity index (χ2n) is 4.30. The van der Waals surface area contributed by atoms with Gasteiger partial charge in [-0.1, -0.05) is 46.1 Å². The fraction of sp³-hybridized carbons (Fsp3) is 0. The topological polar surface area (TPSA) is 42.0 Å². The van der Waals surface area contributed by atoms with Gasteiger partial charge in [-0.25, -0.2) is 9.37 Å². The molecule has 1 heterocycles. The Morgan fingerprint density at radius 2 is 1.86 bits per heavy atom. The van der Waals surface area contributed by atoms with E-state index in [1.165, 1.54) is 30.3 Å². The van der Waals surface area contributed by atoms with E-state index in [1.807, 2.05) is 0 Å². The van der Waals surface area contributed by atoms with E-state index < -0.39 is 5.91 Å². The number of carbonyl (C=O) groups is 1. The molecular formula is C14H6Cl3FN2OS. The van der Waals surface area contributed by atoms with Crippen molar-refractivity contribution in [2.45, 2.75) is 0 Å². The van der Waals surface area contributed by atoms with Crippen LogP contribution in [0.4, 0.5) is 9.52 Å². The summed E-state index contributed by atoms with van der Waals surface area (Å²) in [6, 6.07) is 7.18. The summed E-state index contributed by atoms with van der Waals surface area (Å²) in [4.78, 5) is 16.5. The summed E-state index contributed by atoms with van der Waals surface area (Å²) in [5, 5.41) is 3.38. The van der Waals surface area contributed by atoms with Crippen LogP contribution >= 0.6 is 46.1 Å². The Hall–Kier alpha value is -1.40. The minimum absolute atomic E-state index is 0.0684. The van der Waals surface area contributed by atoms with Gasteiger partial charge in [-0.3, -0.25) is 10.1 Å². The first-order valence-corrected chi connectivity index (χ1v) is 7.91. The lowest BCUT2D eigenvalue weighted by atomic mass is 10.2. The maximum atomic E-state index is 13.2. The SMILES string of the molecule is O=C(Nc1nc2ccc(F)cc2s1)c1c(Cl)ccc(Cl)c1Cl. The molecule has 0 radical (unpaired) electrons. The number of amides is 1. The zero-order valence-corrected chi connectivity index (χ0v) is 13.7. The number of benzene rings is 2. The number of halogens is 4. The van der Waals surface area contributed by atoms with Gasteiger partial charge in [0, 0.05) is 0 Å². The van der Waals surface area contributed by atoms with Crippen LogP contribution in [0, 0.1) is 5.82 Å². The second-order valence-corrected chi connectivity index (χ2v) is 6.53. The second kappa shape index (κ2) is 6.01. The predicted molar refractivity (Wildman–Crippen MR) is 89.0 cm³/mol. The Bertz CT molecular complexity index is 897. The predicted octanol–water partition coefficient (Wildman–Crippen LogP) is 5.65. The van der Waals surface area contributed by atoms with Gasteiger partial charge in [-0.05, 0) is 30.3 Å². The van der Waals surface area contributed by atoms with Crippen LogP contribution in [0.2, 0.25) is 15.1 Å². The summed E-state index contributed by atoms with van der Waals surface area (Å²) in [5.74, 6) is -0.896. The summed E-state index contributed by atoms with van der Waals surface area (Å²) in [6.07, 6.45) is 0. The molecule has 1 N–H and O–H groups in total. The summed E-state index contributed by atoms with van der Waals surface area (Å²) < 4.78 is 13.8. The molecule has 0 fully saturated rings. The van der Waals surface area contributed by atoms with E-state index in [4.69, 9.17) is 34.8 Å². The van der Waals surface area contributed by atoms with Crippen LogP contribution in [0.5, 0.6) is 0 Å². The average Bonchev–Trinajstić information content (AvgIpc) is 2.84. The van der Waals surface area contributed by atoms with Crippen molar-refractivity contribution in [2.75, 3.05) is 5.32 Å². The third-order valence-electron chi connectivity index (χ3n) is 2.84. The van der Waals surface area contributed by atoms with Crippen LogP contribution in [-0.2, 0) is 0 Å². The van der Waals surface area contributed by atoms with Gasteiger partial charge in [-0.15, -0.1) is 0 Å². The number of nitrogens with zero attached hydrogens (tertiary/aromatic N) is 1. The average molecular weight is 376 g/mol. The standard InChI is InChI=1S/C14H6Cl3FN2OS/c15-7-2-3-8(16)12(17)11(7)13(21)20-14-19-9-4-1-6(18)5-10(9)22-14/h1-5H,(H,19,20,21). The molecule has 0 spiro atoms. The Morgan fingerprint density at radius 3 is 2.64 bits per heavy atom. The summed E-state index contributed by atoms with van der Waals surface area (Å²) in [6.45, 7) is 0. The van der Waals surface area contributed by atoms with E-state index >= 15 is 0 Å². The summed E-state index contributed by atoms with van der Waals surface area (Å²) in [5.41, 5.74) is 0.659. The molecule has 2 aromatic carbocycles. The van der Waals surface area contributed by atoms with Gasteiger partial charge < -0.3 is 0 Å². The van der Waals surface area contributed by atoms with E-state index in [2.05, 4.69) is 10.3 Å². The van der Waals surface area contributed by atoms with Gasteiger partial charge in [0.05, 0.1) is 30.8 Å². The van der Waals surface area contributed by atoms with Crippen molar-refractivity contribution < 1.29 is 9.18 Å². The molecule has 3 rings (SSSR count). The minimum atomic E-state index is -0.531. The van der Waals surface area contributed by atoms with E-state index in [0.717, 1.165) is 11.3 Å². The first kappa shape index (κ1) is 15.5. The number of aromatic nitrogens is 1. The molecule has 0 aliphatic heterocycles. The van der Waals surface area contributed by atoms with Gasteiger partial charge in [0.25, 0.3) is 5.91 Å². The smallest absolute Gasteiger partial charge is 0.260 e. The molecule has 0 saturated heterocycles. The number of nitrogens with one attached hydrogen (secondary N) is 1. The molecular weight excluding hydrogens is 370 g/mol. The van der Waals surface area contributed by atoms with Gasteiger partial charge in [0.1, 0.15) is 5.82 Å². The Morgan fingerprint density at radius 1 is 1.14 bits per heavy atom. The molecule has 0 atom stereocenters. The number of hydrogen-bond donors (Lipinski definition) is 1. The molecule has 1 aromatic heterocycles. The minimum Gasteiger partial charge on any atom is -0.298 e. The number of carbonyl (C=O) groups excluding carboxylic acids is 1. The molecule has 0 aliphatic carbocycles. The molecule has 3 aromatic rings. The van der Waals surface area contributed by atoms with Gasteiger partial charge >= 0.3 is 0 Å². The van der Waals surface area contributed by atoms with E-state index in [0.29, 0.717) is 15.3 Å². The van der Waals surface area contributed by atoms with Gasteiger partial charge in [-0.2, -0.15) is 0 Å². The summed E-state index contributed by atoms with van der Waals surface area (Å²) in [7, 11) is 0. The maximum absolute atomic E-state index is 13.2. The van der Waals surface area contributed by atoms with Crippen LogP contribution < -0.4 is 5.32 Å².